The lowest BCUT2D eigenvalue weighted by Gasteiger charge is -2.41. The van der Waals surface area contributed by atoms with Crippen molar-refractivity contribution in [3.05, 3.63) is 44.4 Å². The molecular weight excluding hydrogens is 308 g/mol. The van der Waals surface area contributed by atoms with Crippen LogP contribution < -0.4 is 5.32 Å². The SMILES string of the molecule is Cc1cc(Br)c(NC2CC3CC=CC32)cc1[N+](=O)[O-]. The molecule has 2 aliphatic carbocycles. The van der Waals surface area contributed by atoms with Crippen LogP contribution in [0.2, 0.25) is 0 Å². The van der Waals surface area contributed by atoms with Gasteiger partial charge in [-0.15, -0.1) is 0 Å². The molecule has 0 bridgehead atoms. The Labute approximate surface area is 120 Å². The number of fused-ring (bicyclic) bond motifs is 1. The molecular formula is C14H15BrN2O2. The van der Waals surface area contributed by atoms with Crippen molar-refractivity contribution in [2.75, 3.05) is 5.32 Å². The fraction of sp³-hybridized carbons (Fsp3) is 0.429. The fourth-order valence-electron chi connectivity index (χ4n) is 3.05. The first-order valence-electron chi connectivity index (χ1n) is 6.44. The summed E-state index contributed by atoms with van der Waals surface area (Å²) in [6, 6.07) is 3.84. The van der Waals surface area contributed by atoms with Crippen LogP contribution in [-0.4, -0.2) is 11.0 Å². The van der Waals surface area contributed by atoms with Crippen LogP contribution in [0.5, 0.6) is 0 Å². The number of halogens is 1. The van der Waals surface area contributed by atoms with Crippen molar-refractivity contribution in [1.82, 2.24) is 0 Å². The van der Waals surface area contributed by atoms with Crippen LogP contribution in [0.15, 0.2) is 28.8 Å². The van der Waals surface area contributed by atoms with Gasteiger partial charge in [0.1, 0.15) is 0 Å². The van der Waals surface area contributed by atoms with Gasteiger partial charge in [0, 0.05) is 28.1 Å². The molecule has 5 heteroatoms. The van der Waals surface area contributed by atoms with E-state index in [2.05, 4.69) is 33.4 Å². The third-order valence-electron chi connectivity index (χ3n) is 4.19. The van der Waals surface area contributed by atoms with Gasteiger partial charge in [0.05, 0.1) is 10.6 Å². The number of anilines is 1. The van der Waals surface area contributed by atoms with Gasteiger partial charge in [-0.1, -0.05) is 12.2 Å². The van der Waals surface area contributed by atoms with Gasteiger partial charge in [-0.25, -0.2) is 0 Å². The summed E-state index contributed by atoms with van der Waals surface area (Å²) in [4.78, 5) is 10.7. The fourth-order valence-corrected chi connectivity index (χ4v) is 3.62. The molecule has 0 amide bonds. The maximum Gasteiger partial charge on any atom is 0.274 e. The number of hydrogen-bond donors (Lipinski definition) is 1. The third-order valence-corrected chi connectivity index (χ3v) is 4.84. The number of allylic oxidation sites excluding steroid dienone is 1. The largest absolute Gasteiger partial charge is 0.381 e. The van der Waals surface area contributed by atoms with E-state index in [-0.39, 0.29) is 10.6 Å². The van der Waals surface area contributed by atoms with E-state index in [1.165, 1.54) is 6.42 Å². The average Bonchev–Trinajstić information content (AvgIpc) is 2.69. The molecule has 1 aromatic rings. The Hall–Kier alpha value is -1.36. The standard InChI is InChI=1S/C14H15BrN2O2/c1-8-5-11(15)13(7-14(8)17(18)19)16-12-6-9-3-2-4-10(9)12/h2,4-5,7,9-10,12,16H,3,6H2,1H3. The number of nitrogens with one attached hydrogen (secondary N) is 1. The van der Waals surface area contributed by atoms with Gasteiger partial charge in [-0.3, -0.25) is 10.1 Å². The van der Waals surface area contributed by atoms with E-state index in [1.807, 2.05) is 0 Å². The summed E-state index contributed by atoms with van der Waals surface area (Å²) >= 11 is 3.48. The first-order valence-corrected chi connectivity index (χ1v) is 7.23. The summed E-state index contributed by atoms with van der Waals surface area (Å²) < 4.78 is 0.890. The van der Waals surface area contributed by atoms with Gasteiger partial charge in [-0.05, 0) is 47.7 Å². The second-order valence-electron chi connectivity index (χ2n) is 5.36. The lowest BCUT2D eigenvalue weighted by Crippen LogP contribution is -2.43. The highest BCUT2D eigenvalue weighted by molar-refractivity contribution is 9.10. The van der Waals surface area contributed by atoms with E-state index >= 15 is 0 Å². The molecule has 19 heavy (non-hydrogen) atoms. The molecule has 3 rings (SSSR count). The minimum atomic E-state index is -0.327. The smallest absolute Gasteiger partial charge is 0.274 e. The average molecular weight is 323 g/mol. The summed E-state index contributed by atoms with van der Waals surface area (Å²) in [6.07, 6.45) is 6.83. The summed E-state index contributed by atoms with van der Waals surface area (Å²) in [7, 11) is 0. The summed E-state index contributed by atoms with van der Waals surface area (Å²) in [5.74, 6) is 1.36. The van der Waals surface area contributed by atoms with E-state index in [0.29, 0.717) is 17.5 Å². The number of rotatable bonds is 3. The van der Waals surface area contributed by atoms with Crippen LogP contribution in [0.4, 0.5) is 11.4 Å². The third kappa shape index (κ3) is 2.16. The Kier molecular flexibility index (Phi) is 3.09. The van der Waals surface area contributed by atoms with Crippen LogP contribution >= 0.6 is 15.9 Å². The molecule has 2 aliphatic rings. The molecule has 1 N–H and O–H groups in total. The maximum absolute atomic E-state index is 11.0. The molecule has 0 saturated heterocycles. The normalized spacial score (nSPS) is 27.8. The Morgan fingerprint density at radius 2 is 2.26 bits per heavy atom. The minimum absolute atomic E-state index is 0.170. The van der Waals surface area contributed by atoms with E-state index in [1.54, 1.807) is 19.1 Å². The Bertz CT molecular complexity index is 571. The van der Waals surface area contributed by atoms with Crippen molar-refractivity contribution in [2.45, 2.75) is 25.8 Å². The Morgan fingerprint density at radius 1 is 1.47 bits per heavy atom. The number of benzene rings is 1. The quantitative estimate of drug-likeness (QED) is 0.519. The highest BCUT2D eigenvalue weighted by Gasteiger charge is 2.41. The molecule has 4 nitrogen and oxygen atoms in total. The first-order chi connectivity index (χ1) is 9.06. The molecule has 1 fully saturated rings. The van der Waals surface area contributed by atoms with Crippen molar-refractivity contribution < 1.29 is 4.92 Å². The van der Waals surface area contributed by atoms with Crippen molar-refractivity contribution in [3.8, 4) is 0 Å². The molecule has 100 valence electrons. The molecule has 0 spiro atoms. The predicted molar refractivity (Wildman–Crippen MR) is 78.3 cm³/mol. The number of nitro groups is 1. The number of nitro benzene ring substituents is 1. The molecule has 1 aromatic carbocycles. The van der Waals surface area contributed by atoms with Crippen LogP contribution in [0.25, 0.3) is 0 Å². The van der Waals surface area contributed by atoms with Crippen LogP contribution in [0, 0.1) is 28.9 Å². The highest BCUT2D eigenvalue weighted by atomic mass is 79.9. The zero-order chi connectivity index (χ0) is 13.6. The Morgan fingerprint density at radius 3 is 2.95 bits per heavy atom. The van der Waals surface area contributed by atoms with Crippen LogP contribution in [0.3, 0.4) is 0 Å². The number of aryl methyl sites for hydroxylation is 1. The lowest BCUT2D eigenvalue weighted by atomic mass is 9.71. The predicted octanol–water partition coefficient (Wildman–Crippen LogP) is 4.04. The highest BCUT2D eigenvalue weighted by Crippen LogP contribution is 2.45. The molecule has 3 unspecified atom stereocenters. The van der Waals surface area contributed by atoms with Crippen LogP contribution in [0.1, 0.15) is 18.4 Å². The molecule has 0 heterocycles. The number of nitrogens with zero attached hydrogens (tertiary/aromatic N) is 1. The minimum Gasteiger partial charge on any atom is -0.381 e. The summed E-state index contributed by atoms with van der Waals surface area (Å²) in [5, 5.41) is 14.4. The van der Waals surface area contributed by atoms with E-state index in [0.717, 1.165) is 22.5 Å². The first kappa shape index (κ1) is 12.7. The van der Waals surface area contributed by atoms with Gasteiger partial charge in [0.15, 0.2) is 0 Å². The van der Waals surface area contributed by atoms with Crippen molar-refractivity contribution in [1.29, 1.82) is 0 Å². The molecule has 3 atom stereocenters. The van der Waals surface area contributed by atoms with E-state index < -0.39 is 0 Å². The van der Waals surface area contributed by atoms with E-state index in [9.17, 15) is 10.1 Å². The van der Waals surface area contributed by atoms with Gasteiger partial charge in [0.2, 0.25) is 0 Å². The van der Waals surface area contributed by atoms with Gasteiger partial charge in [-0.2, -0.15) is 0 Å². The summed E-state index contributed by atoms with van der Waals surface area (Å²) in [6.45, 7) is 1.76. The second-order valence-corrected chi connectivity index (χ2v) is 6.22. The molecule has 0 radical (unpaired) electrons. The lowest BCUT2D eigenvalue weighted by molar-refractivity contribution is -0.385. The number of hydrogen-bond acceptors (Lipinski definition) is 3. The monoisotopic (exact) mass is 322 g/mol. The van der Waals surface area contributed by atoms with Gasteiger partial charge in [0.25, 0.3) is 5.69 Å². The molecule has 0 aromatic heterocycles. The summed E-state index contributed by atoms with van der Waals surface area (Å²) in [5.41, 5.74) is 1.67. The Balaban J connectivity index is 1.82. The molecule has 1 saturated carbocycles. The second kappa shape index (κ2) is 4.63. The van der Waals surface area contributed by atoms with Crippen molar-refractivity contribution in [3.63, 3.8) is 0 Å². The maximum atomic E-state index is 11.0. The zero-order valence-corrected chi connectivity index (χ0v) is 12.2. The topological polar surface area (TPSA) is 55.2 Å². The zero-order valence-electron chi connectivity index (χ0n) is 10.6. The van der Waals surface area contributed by atoms with Crippen LogP contribution in [-0.2, 0) is 0 Å². The molecule has 0 aliphatic heterocycles. The van der Waals surface area contributed by atoms with E-state index in [4.69, 9.17) is 0 Å². The van der Waals surface area contributed by atoms with Crippen molar-refractivity contribution in [2.24, 2.45) is 11.8 Å². The van der Waals surface area contributed by atoms with Gasteiger partial charge < -0.3 is 5.32 Å². The van der Waals surface area contributed by atoms with Gasteiger partial charge >= 0.3 is 0 Å². The van der Waals surface area contributed by atoms with Crippen molar-refractivity contribution >= 4 is 27.3 Å².